The van der Waals surface area contributed by atoms with E-state index in [2.05, 4.69) is 0 Å². The Morgan fingerprint density at radius 2 is 1.55 bits per heavy atom. The molecule has 1 aromatic heterocycles. The van der Waals surface area contributed by atoms with Gasteiger partial charge in [-0.2, -0.15) is 13.2 Å². The molecule has 3 aromatic carbocycles. The van der Waals surface area contributed by atoms with Crippen molar-refractivity contribution in [3.05, 3.63) is 112 Å². The van der Waals surface area contributed by atoms with Crippen LogP contribution in [0, 0.1) is 0 Å². The predicted molar refractivity (Wildman–Crippen MR) is 113 cm³/mol. The van der Waals surface area contributed by atoms with Crippen LogP contribution in [0.25, 0.3) is 28.2 Å². The van der Waals surface area contributed by atoms with E-state index in [1.165, 1.54) is 30.4 Å². The van der Waals surface area contributed by atoms with Gasteiger partial charge in [0.05, 0.1) is 5.56 Å². The van der Waals surface area contributed by atoms with Crippen molar-refractivity contribution in [2.45, 2.75) is 6.18 Å². The summed E-state index contributed by atoms with van der Waals surface area (Å²) >= 11 is 0. The Kier molecular flexibility index (Phi) is 5.29. The SMILES string of the molecule is O=C(C=Cc1ccc(C(F)(F)F)cc1)c1ccc(-c2cc(=O)oc3ccccc23)cc1. The highest BCUT2D eigenvalue weighted by Gasteiger charge is 2.29. The van der Waals surface area contributed by atoms with Gasteiger partial charge in [0.15, 0.2) is 5.78 Å². The van der Waals surface area contributed by atoms with Crippen molar-refractivity contribution < 1.29 is 22.4 Å². The molecule has 0 N–H and O–H groups in total. The molecule has 4 rings (SSSR count). The minimum Gasteiger partial charge on any atom is -0.423 e. The smallest absolute Gasteiger partial charge is 0.416 e. The summed E-state index contributed by atoms with van der Waals surface area (Å²) in [6.07, 6.45) is -1.62. The van der Waals surface area contributed by atoms with Gasteiger partial charge in [-0.05, 0) is 41.0 Å². The molecule has 154 valence electrons. The second kappa shape index (κ2) is 8.07. The van der Waals surface area contributed by atoms with E-state index in [9.17, 15) is 22.8 Å². The average molecular weight is 420 g/mol. The number of alkyl halides is 3. The quantitative estimate of drug-likeness (QED) is 0.219. The summed E-state index contributed by atoms with van der Waals surface area (Å²) < 4.78 is 43.1. The first kappa shape index (κ1) is 20.3. The Labute approximate surface area is 175 Å². The fraction of sp³-hybridized carbons (Fsp3) is 0.0400. The van der Waals surface area contributed by atoms with E-state index in [0.717, 1.165) is 23.1 Å². The summed E-state index contributed by atoms with van der Waals surface area (Å²) in [5, 5.41) is 0.781. The van der Waals surface area contributed by atoms with Gasteiger partial charge in [0.25, 0.3) is 0 Å². The molecule has 0 aliphatic heterocycles. The third kappa shape index (κ3) is 4.48. The summed E-state index contributed by atoms with van der Waals surface area (Å²) in [6.45, 7) is 0. The van der Waals surface area contributed by atoms with Gasteiger partial charge in [-0.25, -0.2) is 4.79 Å². The van der Waals surface area contributed by atoms with Crippen LogP contribution in [0.3, 0.4) is 0 Å². The molecule has 6 heteroatoms. The Hall–Kier alpha value is -3.93. The van der Waals surface area contributed by atoms with Crippen LogP contribution < -0.4 is 5.63 Å². The van der Waals surface area contributed by atoms with Gasteiger partial charge in [-0.3, -0.25) is 4.79 Å². The number of fused-ring (bicyclic) bond motifs is 1. The first-order chi connectivity index (χ1) is 14.8. The highest BCUT2D eigenvalue weighted by molar-refractivity contribution is 6.07. The third-order valence-electron chi connectivity index (χ3n) is 4.80. The van der Waals surface area contributed by atoms with Crippen LogP contribution in [0.1, 0.15) is 21.5 Å². The van der Waals surface area contributed by atoms with Gasteiger partial charge >= 0.3 is 11.8 Å². The van der Waals surface area contributed by atoms with E-state index in [0.29, 0.717) is 22.3 Å². The molecule has 0 aliphatic carbocycles. The average Bonchev–Trinajstić information content (AvgIpc) is 2.76. The lowest BCUT2D eigenvalue weighted by atomic mass is 9.99. The molecule has 0 radical (unpaired) electrons. The van der Waals surface area contributed by atoms with Gasteiger partial charge < -0.3 is 4.42 Å². The Bertz CT molecular complexity index is 1330. The lowest BCUT2D eigenvalue weighted by Crippen LogP contribution is -2.04. The van der Waals surface area contributed by atoms with Crippen molar-refractivity contribution in [3.8, 4) is 11.1 Å². The molecule has 0 saturated carbocycles. The standard InChI is InChI=1S/C25H15F3O3/c26-25(27,28)19-12-5-16(6-13-19)7-14-22(29)18-10-8-17(9-11-18)21-15-24(30)31-23-4-2-1-3-20(21)23/h1-15H. The van der Waals surface area contributed by atoms with Crippen LogP contribution in [0.5, 0.6) is 0 Å². The van der Waals surface area contributed by atoms with Crippen molar-refractivity contribution in [2.24, 2.45) is 0 Å². The number of allylic oxidation sites excluding steroid dienone is 1. The molecule has 0 spiro atoms. The van der Waals surface area contributed by atoms with E-state index in [1.807, 2.05) is 12.1 Å². The normalized spacial score (nSPS) is 11.8. The number of ketones is 1. The van der Waals surface area contributed by atoms with Crippen molar-refractivity contribution in [1.82, 2.24) is 0 Å². The molecule has 3 nitrogen and oxygen atoms in total. The van der Waals surface area contributed by atoms with Crippen molar-refractivity contribution in [2.75, 3.05) is 0 Å². The van der Waals surface area contributed by atoms with E-state index >= 15 is 0 Å². The molecular weight excluding hydrogens is 405 g/mol. The summed E-state index contributed by atoms with van der Waals surface area (Å²) in [5.41, 5.74) is 1.63. The second-order valence-corrected chi connectivity index (χ2v) is 6.87. The molecule has 31 heavy (non-hydrogen) atoms. The number of carbonyl (C=O) groups is 1. The number of halogens is 3. The maximum atomic E-state index is 12.6. The largest absolute Gasteiger partial charge is 0.423 e. The van der Waals surface area contributed by atoms with Gasteiger partial charge in [0.2, 0.25) is 0 Å². The fourth-order valence-corrected chi connectivity index (χ4v) is 3.22. The van der Waals surface area contributed by atoms with E-state index in [-0.39, 0.29) is 5.78 Å². The van der Waals surface area contributed by atoms with Crippen LogP contribution in [0.4, 0.5) is 13.2 Å². The summed E-state index contributed by atoms with van der Waals surface area (Å²) in [7, 11) is 0. The number of rotatable bonds is 4. The zero-order valence-corrected chi connectivity index (χ0v) is 16.0. The molecule has 0 unspecified atom stereocenters. The zero-order chi connectivity index (χ0) is 22.0. The van der Waals surface area contributed by atoms with E-state index in [4.69, 9.17) is 4.42 Å². The Morgan fingerprint density at radius 3 is 2.23 bits per heavy atom. The number of hydrogen-bond acceptors (Lipinski definition) is 3. The molecule has 0 atom stereocenters. The highest BCUT2D eigenvalue weighted by Crippen LogP contribution is 2.29. The fourth-order valence-electron chi connectivity index (χ4n) is 3.22. The number of hydrogen-bond donors (Lipinski definition) is 0. The van der Waals surface area contributed by atoms with Crippen LogP contribution >= 0.6 is 0 Å². The number of benzene rings is 3. The van der Waals surface area contributed by atoms with Crippen molar-refractivity contribution >= 4 is 22.8 Å². The Balaban J connectivity index is 1.55. The Morgan fingerprint density at radius 1 is 0.871 bits per heavy atom. The van der Waals surface area contributed by atoms with Crippen LogP contribution in [0.2, 0.25) is 0 Å². The maximum Gasteiger partial charge on any atom is 0.416 e. The maximum absolute atomic E-state index is 12.6. The first-order valence-electron chi connectivity index (χ1n) is 9.34. The molecule has 1 heterocycles. The van der Waals surface area contributed by atoms with Gasteiger partial charge in [-0.1, -0.05) is 60.7 Å². The second-order valence-electron chi connectivity index (χ2n) is 6.87. The predicted octanol–water partition coefficient (Wildman–Crippen LogP) is 6.37. The van der Waals surface area contributed by atoms with Gasteiger partial charge in [0.1, 0.15) is 5.58 Å². The lowest BCUT2D eigenvalue weighted by molar-refractivity contribution is -0.137. The van der Waals surface area contributed by atoms with Crippen molar-refractivity contribution in [3.63, 3.8) is 0 Å². The minimum atomic E-state index is -4.40. The van der Waals surface area contributed by atoms with E-state index < -0.39 is 17.4 Å². The molecule has 0 aliphatic rings. The summed E-state index contributed by atoms with van der Waals surface area (Å²) in [4.78, 5) is 24.3. The third-order valence-corrected chi connectivity index (χ3v) is 4.80. The molecule has 0 fully saturated rings. The number of para-hydroxylation sites is 1. The molecule has 0 amide bonds. The first-order valence-corrected chi connectivity index (χ1v) is 9.34. The van der Waals surface area contributed by atoms with E-state index in [1.54, 1.807) is 36.4 Å². The molecule has 0 bridgehead atoms. The van der Waals surface area contributed by atoms with Gasteiger partial charge in [0, 0.05) is 17.0 Å². The topological polar surface area (TPSA) is 47.3 Å². The minimum absolute atomic E-state index is 0.288. The molecule has 4 aromatic rings. The monoisotopic (exact) mass is 420 g/mol. The molecular formula is C25H15F3O3. The van der Waals surface area contributed by atoms with Crippen LogP contribution in [0.15, 0.2) is 94.2 Å². The zero-order valence-electron chi connectivity index (χ0n) is 16.0. The lowest BCUT2D eigenvalue weighted by Gasteiger charge is -2.06. The van der Waals surface area contributed by atoms with Crippen LogP contribution in [-0.4, -0.2) is 5.78 Å². The molecule has 0 saturated heterocycles. The number of carbonyl (C=O) groups excluding carboxylic acids is 1. The van der Waals surface area contributed by atoms with Crippen LogP contribution in [-0.2, 0) is 6.18 Å². The van der Waals surface area contributed by atoms with Gasteiger partial charge in [-0.15, -0.1) is 0 Å². The summed E-state index contributed by atoms with van der Waals surface area (Å²) in [5.74, 6) is -0.288. The highest BCUT2D eigenvalue weighted by atomic mass is 19.4. The summed E-state index contributed by atoms with van der Waals surface area (Å²) in [6, 6.07) is 19.9. The van der Waals surface area contributed by atoms with Crippen molar-refractivity contribution in [1.29, 1.82) is 0 Å².